The maximum atomic E-state index is 12.3. The van der Waals surface area contributed by atoms with Crippen LogP contribution in [0, 0.1) is 13.8 Å². The zero-order chi connectivity index (χ0) is 17.7. The first-order valence-electron chi connectivity index (χ1n) is 7.78. The van der Waals surface area contributed by atoms with Gasteiger partial charge in [-0.1, -0.05) is 29.8 Å². The van der Waals surface area contributed by atoms with E-state index in [1.165, 1.54) is 24.0 Å². The van der Waals surface area contributed by atoms with Crippen LogP contribution in [-0.4, -0.2) is 30.0 Å². The van der Waals surface area contributed by atoms with E-state index < -0.39 is 0 Å². The average Bonchev–Trinajstić information content (AvgIpc) is 2.87. The summed E-state index contributed by atoms with van der Waals surface area (Å²) in [6, 6.07) is 7.84. The Morgan fingerprint density at radius 2 is 1.92 bits per heavy atom. The molecule has 1 unspecified atom stereocenters. The summed E-state index contributed by atoms with van der Waals surface area (Å²) in [6.45, 7) is 5.75. The Morgan fingerprint density at radius 1 is 1.25 bits per heavy atom. The number of benzene rings is 1. The molecule has 5 nitrogen and oxygen atoms in total. The number of rotatable bonds is 6. The molecule has 1 aromatic carbocycles. The lowest BCUT2D eigenvalue weighted by Crippen LogP contribution is -2.35. The molecule has 2 aromatic rings. The summed E-state index contributed by atoms with van der Waals surface area (Å²) >= 11 is 1.52. The van der Waals surface area contributed by atoms with Crippen molar-refractivity contribution in [2.24, 2.45) is 0 Å². The van der Waals surface area contributed by atoms with Gasteiger partial charge in [-0.05, 0) is 20.8 Å². The molecule has 2 rings (SSSR count). The summed E-state index contributed by atoms with van der Waals surface area (Å²) in [5.74, 6) is -0.458. The largest absolute Gasteiger partial charge is 0.469 e. The summed E-state index contributed by atoms with van der Waals surface area (Å²) in [5, 5.41) is 3.76. The lowest BCUT2D eigenvalue weighted by molar-refractivity contribution is -0.141. The molecule has 1 N–H and O–H groups in total. The van der Waals surface area contributed by atoms with Gasteiger partial charge in [-0.15, -0.1) is 11.3 Å². The van der Waals surface area contributed by atoms with Gasteiger partial charge in [-0.3, -0.25) is 9.59 Å². The van der Waals surface area contributed by atoms with Crippen LogP contribution in [-0.2, 0) is 20.7 Å². The summed E-state index contributed by atoms with van der Waals surface area (Å²) in [4.78, 5) is 29.0. The van der Waals surface area contributed by atoms with Gasteiger partial charge in [0.2, 0.25) is 5.91 Å². The molecule has 128 valence electrons. The molecule has 1 atom stereocenters. The maximum Gasteiger partial charge on any atom is 0.307 e. The first-order chi connectivity index (χ1) is 11.4. The standard InChI is InChI=1S/C18H22N2O3S/c1-11-5-7-14(8-6-11)18-15(24-13(3)20-18)10-16(21)19-12(2)9-17(22)23-4/h5-8,12H,9-10H2,1-4H3,(H,19,21). The van der Waals surface area contributed by atoms with Gasteiger partial charge in [-0.25, -0.2) is 4.98 Å². The van der Waals surface area contributed by atoms with Gasteiger partial charge in [0.1, 0.15) is 0 Å². The third-order valence-electron chi connectivity index (χ3n) is 3.56. The lowest BCUT2D eigenvalue weighted by Gasteiger charge is -2.12. The number of ether oxygens (including phenoxy) is 1. The van der Waals surface area contributed by atoms with Crippen LogP contribution in [0.15, 0.2) is 24.3 Å². The molecular formula is C18H22N2O3S. The number of nitrogens with zero attached hydrogens (tertiary/aromatic N) is 1. The van der Waals surface area contributed by atoms with Gasteiger partial charge < -0.3 is 10.1 Å². The molecule has 0 saturated heterocycles. The van der Waals surface area contributed by atoms with E-state index in [1.54, 1.807) is 6.92 Å². The Kier molecular flexibility index (Phi) is 6.09. The molecular weight excluding hydrogens is 324 g/mol. The van der Waals surface area contributed by atoms with Crippen LogP contribution in [0.25, 0.3) is 11.3 Å². The van der Waals surface area contributed by atoms with Crippen molar-refractivity contribution in [3.63, 3.8) is 0 Å². The molecule has 0 aliphatic heterocycles. The number of nitrogens with one attached hydrogen (secondary N) is 1. The fraction of sp³-hybridized carbons (Fsp3) is 0.389. The lowest BCUT2D eigenvalue weighted by atomic mass is 10.1. The second kappa shape index (κ2) is 8.06. The van der Waals surface area contributed by atoms with Crippen molar-refractivity contribution in [2.75, 3.05) is 7.11 Å². The SMILES string of the molecule is COC(=O)CC(C)NC(=O)Cc1sc(C)nc1-c1ccc(C)cc1. The van der Waals surface area contributed by atoms with Gasteiger partial charge in [0.25, 0.3) is 0 Å². The van der Waals surface area contributed by atoms with Crippen LogP contribution < -0.4 is 5.32 Å². The molecule has 1 amide bonds. The summed E-state index contributed by atoms with van der Waals surface area (Å²) < 4.78 is 4.61. The Labute approximate surface area is 146 Å². The zero-order valence-corrected chi connectivity index (χ0v) is 15.2. The number of esters is 1. The monoisotopic (exact) mass is 346 g/mol. The first-order valence-corrected chi connectivity index (χ1v) is 8.60. The topological polar surface area (TPSA) is 68.3 Å². The predicted molar refractivity (Wildman–Crippen MR) is 95.0 cm³/mol. The molecule has 6 heteroatoms. The summed E-state index contributed by atoms with van der Waals surface area (Å²) in [5.41, 5.74) is 3.05. The fourth-order valence-electron chi connectivity index (χ4n) is 2.38. The minimum atomic E-state index is -0.336. The van der Waals surface area contributed by atoms with Gasteiger partial charge in [0.15, 0.2) is 0 Å². The molecule has 24 heavy (non-hydrogen) atoms. The number of amides is 1. The Balaban J connectivity index is 2.08. The fourth-order valence-corrected chi connectivity index (χ4v) is 3.34. The van der Waals surface area contributed by atoms with Gasteiger partial charge in [0, 0.05) is 16.5 Å². The normalized spacial score (nSPS) is 11.8. The number of methoxy groups -OCH3 is 1. The number of thiazole rings is 1. The number of aryl methyl sites for hydroxylation is 2. The molecule has 0 aliphatic carbocycles. The van der Waals surface area contributed by atoms with Crippen LogP contribution in [0.3, 0.4) is 0 Å². The van der Waals surface area contributed by atoms with E-state index >= 15 is 0 Å². The molecule has 0 saturated carbocycles. The molecule has 0 aliphatic rings. The van der Waals surface area contributed by atoms with Crippen LogP contribution in [0.5, 0.6) is 0 Å². The van der Waals surface area contributed by atoms with Crippen LogP contribution in [0.1, 0.15) is 28.8 Å². The van der Waals surface area contributed by atoms with E-state index in [0.717, 1.165) is 21.1 Å². The molecule has 1 aromatic heterocycles. The quantitative estimate of drug-likeness (QED) is 0.816. The minimum Gasteiger partial charge on any atom is -0.469 e. The number of aromatic nitrogens is 1. The van der Waals surface area contributed by atoms with Crippen LogP contribution >= 0.6 is 11.3 Å². The minimum absolute atomic E-state index is 0.122. The highest BCUT2D eigenvalue weighted by Gasteiger charge is 2.17. The molecule has 0 fully saturated rings. The second-order valence-electron chi connectivity index (χ2n) is 5.80. The molecule has 0 radical (unpaired) electrons. The van der Waals surface area contributed by atoms with E-state index in [0.29, 0.717) is 0 Å². The highest BCUT2D eigenvalue weighted by Crippen LogP contribution is 2.28. The number of hydrogen-bond acceptors (Lipinski definition) is 5. The Hall–Kier alpha value is -2.21. The van der Waals surface area contributed by atoms with Crippen LogP contribution in [0.2, 0.25) is 0 Å². The number of hydrogen-bond donors (Lipinski definition) is 1. The van der Waals surface area contributed by atoms with Gasteiger partial charge in [0.05, 0.1) is 30.7 Å². The highest BCUT2D eigenvalue weighted by molar-refractivity contribution is 7.12. The second-order valence-corrected chi connectivity index (χ2v) is 7.08. The highest BCUT2D eigenvalue weighted by atomic mass is 32.1. The molecule has 0 bridgehead atoms. The van der Waals surface area contributed by atoms with Crippen molar-refractivity contribution in [3.8, 4) is 11.3 Å². The zero-order valence-electron chi connectivity index (χ0n) is 14.4. The van der Waals surface area contributed by atoms with Crippen molar-refractivity contribution in [3.05, 3.63) is 39.7 Å². The van der Waals surface area contributed by atoms with Gasteiger partial charge >= 0.3 is 5.97 Å². The summed E-state index contributed by atoms with van der Waals surface area (Å²) in [7, 11) is 1.34. The average molecular weight is 346 g/mol. The predicted octanol–water partition coefficient (Wildman–Crippen LogP) is 3.04. The van der Waals surface area contributed by atoms with Crippen LogP contribution in [0.4, 0.5) is 0 Å². The number of carbonyl (C=O) groups excluding carboxylic acids is 2. The van der Waals surface area contributed by atoms with E-state index in [1.807, 2.05) is 38.1 Å². The van der Waals surface area contributed by atoms with E-state index in [-0.39, 0.29) is 30.8 Å². The number of carbonyl (C=O) groups is 2. The van der Waals surface area contributed by atoms with E-state index in [9.17, 15) is 9.59 Å². The maximum absolute atomic E-state index is 12.3. The Morgan fingerprint density at radius 3 is 2.54 bits per heavy atom. The van der Waals surface area contributed by atoms with Crippen molar-refractivity contribution >= 4 is 23.2 Å². The van der Waals surface area contributed by atoms with Gasteiger partial charge in [-0.2, -0.15) is 0 Å². The molecule has 0 spiro atoms. The van der Waals surface area contributed by atoms with Crippen molar-refractivity contribution < 1.29 is 14.3 Å². The summed E-state index contributed by atoms with van der Waals surface area (Å²) in [6.07, 6.45) is 0.412. The van der Waals surface area contributed by atoms with Crippen molar-refractivity contribution in [1.82, 2.24) is 10.3 Å². The van der Waals surface area contributed by atoms with Crippen molar-refractivity contribution in [2.45, 2.75) is 39.7 Å². The van der Waals surface area contributed by atoms with Crippen molar-refractivity contribution in [1.29, 1.82) is 0 Å². The third kappa shape index (κ3) is 4.89. The van der Waals surface area contributed by atoms with E-state index in [4.69, 9.17) is 0 Å². The first kappa shape index (κ1) is 18.1. The smallest absolute Gasteiger partial charge is 0.307 e. The van der Waals surface area contributed by atoms with E-state index in [2.05, 4.69) is 15.0 Å². The third-order valence-corrected chi connectivity index (χ3v) is 4.53. The molecule has 1 heterocycles. The Bertz CT molecular complexity index is 722.